The van der Waals surface area contributed by atoms with Crippen LogP contribution in [0.25, 0.3) is 0 Å². The van der Waals surface area contributed by atoms with Gasteiger partial charge in [0.15, 0.2) is 5.75 Å². The highest BCUT2D eigenvalue weighted by atomic mass is 16.5. The second kappa shape index (κ2) is 5.89. The number of hydrogen-bond donors (Lipinski definition) is 0. The van der Waals surface area contributed by atoms with Gasteiger partial charge in [-0.05, 0) is 36.4 Å². The van der Waals surface area contributed by atoms with Gasteiger partial charge >= 0.3 is 0 Å². The van der Waals surface area contributed by atoms with Crippen molar-refractivity contribution in [2.45, 2.75) is 0 Å². The molecule has 0 aliphatic rings. The quantitative estimate of drug-likeness (QED) is 0.685. The number of pyridine rings is 1. The zero-order valence-corrected chi connectivity index (χ0v) is 10.8. The van der Waals surface area contributed by atoms with Crippen LogP contribution in [0.15, 0.2) is 79.0 Å². The highest BCUT2D eigenvalue weighted by Gasteiger charge is 2.08. The standard InChI is InChI=1S/C17H13NO2/c1-3-8-14(9-4-1)19-16-12-7-13-18-17(16)20-15-10-5-2-6-11-15/h1-13H. The molecule has 3 aromatic rings. The van der Waals surface area contributed by atoms with Gasteiger partial charge in [0, 0.05) is 6.20 Å². The third kappa shape index (κ3) is 2.95. The molecule has 0 N–H and O–H groups in total. The molecule has 0 bridgehead atoms. The van der Waals surface area contributed by atoms with Crippen LogP contribution < -0.4 is 9.47 Å². The number of para-hydroxylation sites is 2. The Morgan fingerprint density at radius 1 is 0.600 bits per heavy atom. The van der Waals surface area contributed by atoms with Crippen molar-refractivity contribution in [3.05, 3.63) is 79.0 Å². The topological polar surface area (TPSA) is 31.4 Å². The maximum absolute atomic E-state index is 5.79. The number of hydrogen-bond acceptors (Lipinski definition) is 3. The molecule has 0 fully saturated rings. The SMILES string of the molecule is c1ccc(Oc2cccnc2Oc2ccccc2)cc1. The lowest BCUT2D eigenvalue weighted by Gasteiger charge is -2.10. The van der Waals surface area contributed by atoms with Crippen molar-refractivity contribution in [3.63, 3.8) is 0 Å². The number of rotatable bonds is 4. The summed E-state index contributed by atoms with van der Waals surface area (Å²) in [5.74, 6) is 2.51. The molecule has 0 unspecified atom stereocenters. The van der Waals surface area contributed by atoms with E-state index < -0.39 is 0 Å². The number of aromatic nitrogens is 1. The monoisotopic (exact) mass is 263 g/mol. The van der Waals surface area contributed by atoms with Gasteiger partial charge in [0.2, 0.25) is 0 Å². The van der Waals surface area contributed by atoms with Crippen molar-refractivity contribution in [2.24, 2.45) is 0 Å². The van der Waals surface area contributed by atoms with Crippen LogP contribution in [0.5, 0.6) is 23.1 Å². The van der Waals surface area contributed by atoms with Crippen LogP contribution in [-0.4, -0.2) is 4.98 Å². The first-order chi connectivity index (χ1) is 9.92. The van der Waals surface area contributed by atoms with Gasteiger partial charge in [0.1, 0.15) is 11.5 Å². The molecule has 0 spiro atoms. The van der Waals surface area contributed by atoms with E-state index >= 15 is 0 Å². The Labute approximate surface area is 117 Å². The molecule has 0 radical (unpaired) electrons. The molecule has 1 aromatic heterocycles. The zero-order valence-electron chi connectivity index (χ0n) is 10.8. The Morgan fingerprint density at radius 3 is 1.85 bits per heavy atom. The molecule has 0 amide bonds. The van der Waals surface area contributed by atoms with Crippen LogP contribution in [0.3, 0.4) is 0 Å². The van der Waals surface area contributed by atoms with Gasteiger partial charge in [-0.25, -0.2) is 4.98 Å². The van der Waals surface area contributed by atoms with Crippen molar-refractivity contribution in [1.82, 2.24) is 4.98 Å². The molecular formula is C17H13NO2. The Bertz CT molecular complexity index is 608. The third-order valence-electron chi connectivity index (χ3n) is 2.66. The molecule has 3 rings (SSSR count). The van der Waals surface area contributed by atoms with Crippen molar-refractivity contribution < 1.29 is 9.47 Å². The molecule has 1 heterocycles. The largest absolute Gasteiger partial charge is 0.452 e. The normalized spacial score (nSPS) is 10.0. The third-order valence-corrected chi connectivity index (χ3v) is 2.66. The van der Waals surface area contributed by atoms with E-state index in [4.69, 9.17) is 9.47 Å². The minimum Gasteiger partial charge on any atom is -0.452 e. The average Bonchev–Trinajstić information content (AvgIpc) is 2.51. The van der Waals surface area contributed by atoms with Gasteiger partial charge in [0.25, 0.3) is 5.88 Å². The second-order valence-corrected chi connectivity index (χ2v) is 4.14. The Balaban J connectivity index is 1.85. The summed E-state index contributed by atoms with van der Waals surface area (Å²) < 4.78 is 11.5. The predicted molar refractivity (Wildman–Crippen MR) is 77.3 cm³/mol. The Morgan fingerprint density at radius 2 is 1.20 bits per heavy atom. The van der Waals surface area contributed by atoms with Gasteiger partial charge < -0.3 is 9.47 Å². The van der Waals surface area contributed by atoms with E-state index in [9.17, 15) is 0 Å². The molecule has 3 heteroatoms. The van der Waals surface area contributed by atoms with Crippen LogP contribution in [0.1, 0.15) is 0 Å². The molecule has 0 atom stereocenters. The van der Waals surface area contributed by atoms with Crippen molar-refractivity contribution in [2.75, 3.05) is 0 Å². The Hall–Kier alpha value is -2.81. The van der Waals surface area contributed by atoms with Crippen LogP contribution >= 0.6 is 0 Å². The number of nitrogens with zero attached hydrogens (tertiary/aromatic N) is 1. The molecule has 0 aliphatic heterocycles. The molecule has 0 saturated carbocycles. The first-order valence-corrected chi connectivity index (χ1v) is 6.33. The predicted octanol–water partition coefficient (Wildman–Crippen LogP) is 4.67. The number of benzene rings is 2. The van der Waals surface area contributed by atoms with Crippen LogP contribution in [0.2, 0.25) is 0 Å². The summed E-state index contributed by atoms with van der Waals surface area (Å²) in [5, 5.41) is 0. The van der Waals surface area contributed by atoms with E-state index in [1.165, 1.54) is 0 Å². The smallest absolute Gasteiger partial charge is 0.263 e. The van der Waals surface area contributed by atoms with Crippen molar-refractivity contribution in [3.8, 4) is 23.1 Å². The summed E-state index contributed by atoms with van der Waals surface area (Å²) in [6.07, 6.45) is 1.68. The van der Waals surface area contributed by atoms with E-state index in [0.29, 0.717) is 11.6 Å². The maximum Gasteiger partial charge on any atom is 0.263 e. The first-order valence-electron chi connectivity index (χ1n) is 6.33. The minimum absolute atomic E-state index is 0.447. The molecule has 0 saturated heterocycles. The van der Waals surface area contributed by atoms with Crippen LogP contribution in [-0.2, 0) is 0 Å². The van der Waals surface area contributed by atoms with Crippen molar-refractivity contribution in [1.29, 1.82) is 0 Å². The molecule has 98 valence electrons. The molecule has 0 aliphatic carbocycles. The van der Waals surface area contributed by atoms with E-state index in [1.54, 1.807) is 6.20 Å². The Kier molecular flexibility index (Phi) is 3.60. The van der Waals surface area contributed by atoms with Crippen molar-refractivity contribution >= 4 is 0 Å². The summed E-state index contributed by atoms with van der Waals surface area (Å²) in [7, 11) is 0. The lowest BCUT2D eigenvalue weighted by Crippen LogP contribution is -1.92. The highest BCUT2D eigenvalue weighted by molar-refractivity contribution is 5.40. The first kappa shape index (κ1) is 12.2. The molecule has 2 aromatic carbocycles. The fourth-order valence-electron chi connectivity index (χ4n) is 1.75. The van der Waals surface area contributed by atoms with E-state index in [0.717, 1.165) is 11.5 Å². The molecular weight excluding hydrogens is 250 g/mol. The van der Waals surface area contributed by atoms with E-state index in [-0.39, 0.29) is 0 Å². The number of ether oxygens (including phenoxy) is 2. The summed E-state index contributed by atoms with van der Waals surface area (Å²) >= 11 is 0. The van der Waals surface area contributed by atoms with E-state index in [2.05, 4.69) is 4.98 Å². The highest BCUT2D eigenvalue weighted by Crippen LogP contribution is 2.32. The lowest BCUT2D eigenvalue weighted by molar-refractivity contribution is 0.405. The lowest BCUT2D eigenvalue weighted by atomic mass is 10.3. The summed E-state index contributed by atoms with van der Waals surface area (Å²) in [6.45, 7) is 0. The summed E-state index contributed by atoms with van der Waals surface area (Å²) in [4.78, 5) is 4.22. The average molecular weight is 263 g/mol. The zero-order chi connectivity index (χ0) is 13.6. The fourth-order valence-corrected chi connectivity index (χ4v) is 1.75. The van der Waals surface area contributed by atoms with Gasteiger partial charge in [-0.3, -0.25) is 0 Å². The fraction of sp³-hybridized carbons (Fsp3) is 0. The molecule has 20 heavy (non-hydrogen) atoms. The van der Waals surface area contributed by atoms with Crippen LogP contribution in [0, 0.1) is 0 Å². The second-order valence-electron chi connectivity index (χ2n) is 4.14. The van der Waals surface area contributed by atoms with Gasteiger partial charge in [-0.15, -0.1) is 0 Å². The van der Waals surface area contributed by atoms with Gasteiger partial charge in [0.05, 0.1) is 0 Å². The summed E-state index contributed by atoms with van der Waals surface area (Å²) in [6, 6.07) is 22.7. The maximum atomic E-state index is 5.79. The van der Waals surface area contributed by atoms with Gasteiger partial charge in [-0.2, -0.15) is 0 Å². The van der Waals surface area contributed by atoms with E-state index in [1.807, 2.05) is 72.8 Å². The van der Waals surface area contributed by atoms with Gasteiger partial charge in [-0.1, -0.05) is 36.4 Å². The van der Waals surface area contributed by atoms with Crippen LogP contribution in [0.4, 0.5) is 0 Å². The molecule has 3 nitrogen and oxygen atoms in total. The summed E-state index contributed by atoms with van der Waals surface area (Å²) in [5.41, 5.74) is 0. The minimum atomic E-state index is 0.447.